The predicted molar refractivity (Wildman–Crippen MR) is 71.7 cm³/mol. The zero-order chi connectivity index (χ0) is 13.9. The SMILES string of the molecule is CCCCCCOCC(O)CNCc1noc(C)n1. The number of hydrogen-bond donors (Lipinski definition) is 2. The van der Waals surface area contributed by atoms with Crippen molar-refractivity contribution in [2.75, 3.05) is 19.8 Å². The normalized spacial score (nSPS) is 12.8. The van der Waals surface area contributed by atoms with E-state index in [0.29, 0.717) is 31.4 Å². The fourth-order valence-electron chi connectivity index (χ4n) is 1.67. The zero-order valence-corrected chi connectivity index (χ0v) is 11.9. The largest absolute Gasteiger partial charge is 0.389 e. The van der Waals surface area contributed by atoms with E-state index in [1.54, 1.807) is 6.92 Å². The van der Waals surface area contributed by atoms with E-state index < -0.39 is 6.10 Å². The van der Waals surface area contributed by atoms with E-state index in [4.69, 9.17) is 9.26 Å². The fraction of sp³-hybridized carbons (Fsp3) is 0.846. The zero-order valence-electron chi connectivity index (χ0n) is 11.9. The van der Waals surface area contributed by atoms with Gasteiger partial charge in [0.2, 0.25) is 5.89 Å². The van der Waals surface area contributed by atoms with Crippen LogP contribution >= 0.6 is 0 Å². The standard InChI is InChI=1S/C13H25N3O3/c1-3-4-5-6-7-18-10-12(17)8-14-9-13-15-11(2)19-16-13/h12,14,17H,3-10H2,1-2H3. The van der Waals surface area contributed by atoms with E-state index in [2.05, 4.69) is 22.4 Å². The lowest BCUT2D eigenvalue weighted by Gasteiger charge is -2.11. The van der Waals surface area contributed by atoms with Crippen molar-refractivity contribution in [2.45, 2.75) is 52.2 Å². The number of nitrogens with one attached hydrogen (secondary N) is 1. The second kappa shape index (κ2) is 9.89. The molecule has 0 amide bonds. The molecule has 6 heteroatoms. The number of aromatic nitrogens is 2. The smallest absolute Gasteiger partial charge is 0.223 e. The third kappa shape index (κ3) is 7.92. The fourth-order valence-corrected chi connectivity index (χ4v) is 1.67. The topological polar surface area (TPSA) is 80.4 Å². The summed E-state index contributed by atoms with van der Waals surface area (Å²) in [5.41, 5.74) is 0. The molecule has 0 radical (unpaired) electrons. The molecule has 0 fully saturated rings. The molecule has 1 aromatic heterocycles. The Hall–Kier alpha value is -0.980. The van der Waals surface area contributed by atoms with Crippen LogP contribution in [0.3, 0.4) is 0 Å². The number of hydrogen-bond acceptors (Lipinski definition) is 6. The maximum Gasteiger partial charge on any atom is 0.223 e. The minimum absolute atomic E-state index is 0.365. The molecule has 1 heterocycles. The molecule has 0 saturated heterocycles. The van der Waals surface area contributed by atoms with Gasteiger partial charge in [-0.1, -0.05) is 31.3 Å². The summed E-state index contributed by atoms with van der Waals surface area (Å²) in [5.74, 6) is 1.15. The molecule has 0 spiro atoms. The highest BCUT2D eigenvalue weighted by molar-refractivity contribution is 4.82. The van der Waals surface area contributed by atoms with Crippen LogP contribution in [0.5, 0.6) is 0 Å². The van der Waals surface area contributed by atoms with Gasteiger partial charge < -0.3 is 19.7 Å². The van der Waals surface area contributed by atoms with Crippen molar-refractivity contribution >= 4 is 0 Å². The van der Waals surface area contributed by atoms with Gasteiger partial charge in [0.05, 0.1) is 19.3 Å². The number of aliphatic hydroxyl groups is 1. The quantitative estimate of drug-likeness (QED) is 0.593. The van der Waals surface area contributed by atoms with Crippen LogP contribution in [0.25, 0.3) is 0 Å². The molecule has 1 rings (SSSR count). The number of aliphatic hydroxyl groups excluding tert-OH is 1. The number of ether oxygens (including phenoxy) is 1. The van der Waals surface area contributed by atoms with Gasteiger partial charge in [0.25, 0.3) is 0 Å². The number of nitrogens with zero attached hydrogens (tertiary/aromatic N) is 2. The van der Waals surface area contributed by atoms with Gasteiger partial charge in [-0.25, -0.2) is 0 Å². The van der Waals surface area contributed by atoms with E-state index in [-0.39, 0.29) is 0 Å². The molecule has 1 aromatic rings. The average molecular weight is 271 g/mol. The summed E-state index contributed by atoms with van der Waals surface area (Å²) < 4.78 is 10.3. The van der Waals surface area contributed by atoms with Gasteiger partial charge in [-0.15, -0.1) is 0 Å². The Morgan fingerprint density at radius 2 is 2.21 bits per heavy atom. The molecule has 110 valence electrons. The Kier molecular flexibility index (Phi) is 8.36. The number of unbranched alkanes of at least 4 members (excludes halogenated alkanes) is 3. The first-order chi connectivity index (χ1) is 9.22. The number of rotatable bonds is 11. The molecule has 6 nitrogen and oxygen atoms in total. The van der Waals surface area contributed by atoms with Gasteiger partial charge in [-0.05, 0) is 6.42 Å². The molecular formula is C13H25N3O3. The molecule has 0 aromatic carbocycles. The van der Waals surface area contributed by atoms with Crippen molar-refractivity contribution in [1.29, 1.82) is 0 Å². The molecule has 0 aliphatic carbocycles. The van der Waals surface area contributed by atoms with Gasteiger partial charge >= 0.3 is 0 Å². The number of aryl methyl sites for hydroxylation is 1. The Balaban J connectivity index is 1.94. The Morgan fingerprint density at radius 3 is 2.89 bits per heavy atom. The predicted octanol–water partition coefficient (Wildman–Crippen LogP) is 1.43. The van der Waals surface area contributed by atoms with Gasteiger partial charge in [0.1, 0.15) is 0 Å². The van der Waals surface area contributed by atoms with E-state index in [9.17, 15) is 5.11 Å². The van der Waals surface area contributed by atoms with E-state index in [1.807, 2.05) is 0 Å². The molecule has 2 N–H and O–H groups in total. The Morgan fingerprint density at radius 1 is 1.37 bits per heavy atom. The third-order valence-corrected chi connectivity index (χ3v) is 2.69. The van der Waals surface area contributed by atoms with Crippen LogP contribution < -0.4 is 5.32 Å². The van der Waals surface area contributed by atoms with Gasteiger partial charge in [0.15, 0.2) is 5.82 Å². The second-order valence-corrected chi connectivity index (χ2v) is 4.65. The molecule has 0 aliphatic heterocycles. The first-order valence-corrected chi connectivity index (χ1v) is 6.98. The summed E-state index contributed by atoms with van der Waals surface area (Å²) in [6.45, 7) is 5.97. The Bertz CT molecular complexity index is 331. The minimum Gasteiger partial charge on any atom is -0.389 e. The Labute approximate surface area is 114 Å². The van der Waals surface area contributed by atoms with Gasteiger partial charge in [-0.2, -0.15) is 4.98 Å². The minimum atomic E-state index is -0.501. The molecule has 1 unspecified atom stereocenters. The van der Waals surface area contributed by atoms with E-state index in [0.717, 1.165) is 13.0 Å². The van der Waals surface area contributed by atoms with Crippen LogP contribution in [0.1, 0.15) is 44.3 Å². The molecular weight excluding hydrogens is 246 g/mol. The van der Waals surface area contributed by atoms with Crippen molar-refractivity contribution in [3.05, 3.63) is 11.7 Å². The molecule has 0 bridgehead atoms. The monoisotopic (exact) mass is 271 g/mol. The average Bonchev–Trinajstić information content (AvgIpc) is 2.79. The second-order valence-electron chi connectivity index (χ2n) is 4.65. The van der Waals surface area contributed by atoms with Crippen LogP contribution in [0.2, 0.25) is 0 Å². The lowest BCUT2D eigenvalue weighted by molar-refractivity contribution is 0.0352. The van der Waals surface area contributed by atoms with Crippen LogP contribution in [-0.2, 0) is 11.3 Å². The summed E-state index contributed by atoms with van der Waals surface area (Å²) in [7, 11) is 0. The highest BCUT2D eigenvalue weighted by atomic mass is 16.5. The first kappa shape index (κ1) is 16.1. The summed E-state index contributed by atoms with van der Waals surface area (Å²) >= 11 is 0. The molecule has 19 heavy (non-hydrogen) atoms. The molecule has 1 atom stereocenters. The van der Waals surface area contributed by atoms with Crippen molar-refractivity contribution in [2.24, 2.45) is 0 Å². The molecule has 0 aliphatic rings. The van der Waals surface area contributed by atoms with E-state index in [1.165, 1.54) is 19.3 Å². The van der Waals surface area contributed by atoms with Gasteiger partial charge in [-0.3, -0.25) is 0 Å². The highest BCUT2D eigenvalue weighted by Crippen LogP contribution is 1.99. The summed E-state index contributed by atoms with van der Waals surface area (Å²) in [4.78, 5) is 4.06. The summed E-state index contributed by atoms with van der Waals surface area (Å²) in [6.07, 6.45) is 4.23. The van der Waals surface area contributed by atoms with E-state index >= 15 is 0 Å². The summed E-state index contributed by atoms with van der Waals surface area (Å²) in [5, 5.41) is 16.5. The van der Waals surface area contributed by atoms with Crippen molar-refractivity contribution in [3.63, 3.8) is 0 Å². The van der Waals surface area contributed by atoms with Crippen molar-refractivity contribution in [3.8, 4) is 0 Å². The lowest BCUT2D eigenvalue weighted by atomic mass is 10.2. The van der Waals surface area contributed by atoms with Crippen LogP contribution in [0.15, 0.2) is 4.52 Å². The maximum absolute atomic E-state index is 9.68. The van der Waals surface area contributed by atoms with Crippen LogP contribution in [0.4, 0.5) is 0 Å². The highest BCUT2D eigenvalue weighted by Gasteiger charge is 2.06. The van der Waals surface area contributed by atoms with Crippen molar-refractivity contribution in [1.82, 2.24) is 15.5 Å². The van der Waals surface area contributed by atoms with Gasteiger partial charge in [0, 0.05) is 20.1 Å². The first-order valence-electron chi connectivity index (χ1n) is 6.98. The lowest BCUT2D eigenvalue weighted by Crippen LogP contribution is -2.30. The maximum atomic E-state index is 9.68. The van der Waals surface area contributed by atoms with Crippen LogP contribution in [0, 0.1) is 6.92 Å². The van der Waals surface area contributed by atoms with Crippen LogP contribution in [-0.4, -0.2) is 41.1 Å². The van der Waals surface area contributed by atoms with Crippen molar-refractivity contribution < 1.29 is 14.4 Å². The third-order valence-electron chi connectivity index (χ3n) is 2.69. The molecule has 0 saturated carbocycles. The summed E-state index contributed by atoms with van der Waals surface area (Å²) in [6, 6.07) is 0.